The molecule has 3 fully saturated rings. The van der Waals surface area contributed by atoms with E-state index in [0.717, 1.165) is 32.1 Å². The summed E-state index contributed by atoms with van der Waals surface area (Å²) in [5, 5.41) is 0. The number of esters is 1. The SMILES string of the molecule is C=C(C)C(=O)OC1(C)CC[C@H]2C3CCC4=CC(=O)CC[C@]4(C)[C@H]3CC[C@@]21C. The fourth-order valence-electron chi connectivity index (χ4n) is 7.24. The molecule has 0 bridgehead atoms. The first-order valence-corrected chi connectivity index (χ1v) is 10.7. The monoisotopic (exact) mass is 370 g/mol. The molecule has 4 rings (SSSR count). The molecule has 0 spiro atoms. The van der Waals surface area contributed by atoms with E-state index < -0.39 is 5.60 Å². The zero-order chi connectivity index (χ0) is 19.6. The quantitative estimate of drug-likeness (QED) is 0.483. The fourth-order valence-corrected chi connectivity index (χ4v) is 7.24. The van der Waals surface area contributed by atoms with Gasteiger partial charge < -0.3 is 4.74 Å². The molecular formula is C24H34O3. The van der Waals surface area contributed by atoms with Crippen LogP contribution in [0, 0.1) is 28.6 Å². The summed E-state index contributed by atoms with van der Waals surface area (Å²) in [5.41, 5.74) is 1.76. The molecule has 4 aliphatic carbocycles. The van der Waals surface area contributed by atoms with Gasteiger partial charge in [-0.3, -0.25) is 4.79 Å². The highest BCUT2D eigenvalue weighted by atomic mass is 16.6. The third-order valence-corrected chi connectivity index (χ3v) is 9.16. The van der Waals surface area contributed by atoms with Crippen molar-refractivity contribution in [2.75, 3.05) is 0 Å². The summed E-state index contributed by atoms with van der Waals surface area (Å²) in [5.74, 6) is 2.04. The van der Waals surface area contributed by atoms with Gasteiger partial charge in [0.1, 0.15) is 5.60 Å². The van der Waals surface area contributed by atoms with Gasteiger partial charge in [-0.15, -0.1) is 0 Å². The van der Waals surface area contributed by atoms with E-state index in [0.29, 0.717) is 35.5 Å². The topological polar surface area (TPSA) is 43.4 Å². The Morgan fingerprint density at radius 1 is 1.07 bits per heavy atom. The van der Waals surface area contributed by atoms with Crippen molar-refractivity contribution in [3.8, 4) is 0 Å². The second-order valence-corrected chi connectivity index (χ2v) is 10.4. The van der Waals surface area contributed by atoms with Crippen LogP contribution in [0.4, 0.5) is 0 Å². The first-order chi connectivity index (χ1) is 12.6. The molecule has 6 atom stereocenters. The Morgan fingerprint density at radius 2 is 1.78 bits per heavy atom. The first-order valence-electron chi connectivity index (χ1n) is 10.7. The van der Waals surface area contributed by atoms with E-state index in [2.05, 4.69) is 27.4 Å². The smallest absolute Gasteiger partial charge is 0.333 e. The molecule has 3 saturated carbocycles. The van der Waals surface area contributed by atoms with Gasteiger partial charge in [0, 0.05) is 17.4 Å². The summed E-state index contributed by atoms with van der Waals surface area (Å²) in [4.78, 5) is 24.3. The normalized spacial score (nSPS) is 46.0. The molecule has 27 heavy (non-hydrogen) atoms. The van der Waals surface area contributed by atoms with Crippen LogP contribution in [0.2, 0.25) is 0 Å². The molecule has 0 saturated heterocycles. The van der Waals surface area contributed by atoms with E-state index >= 15 is 0 Å². The van der Waals surface area contributed by atoms with Crippen LogP contribution in [0.25, 0.3) is 0 Å². The lowest BCUT2D eigenvalue weighted by molar-refractivity contribution is -0.175. The molecule has 0 aromatic rings. The van der Waals surface area contributed by atoms with Crippen molar-refractivity contribution in [1.82, 2.24) is 0 Å². The number of ether oxygens (including phenoxy) is 1. The predicted molar refractivity (Wildman–Crippen MR) is 106 cm³/mol. The molecule has 0 radical (unpaired) electrons. The Balaban J connectivity index is 1.63. The van der Waals surface area contributed by atoms with E-state index in [9.17, 15) is 9.59 Å². The Morgan fingerprint density at radius 3 is 2.48 bits per heavy atom. The highest BCUT2D eigenvalue weighted by Gasteiger charge is 2.64. The largest absolute Gasteiger partial charge is 0.455 e. The molecule has 3 heteroatoms. The lowest BCUT2D eigenvalue weighted by Gasteiger charge is -2.59. The van der Waals surface area contributed by atoms with Crippen LogP contribution >= 0.6 is 0 Å². The number of hydrogen-bond donors (Lipinski definition) is 0. The summed E-state index contributed by atoms with van der Waals surface area (Å²) in [6.45, 7) is 12.4. The van der Waals surface area contributed by atoms with Gasteiger partial charge in [0.15, 0.2) is 5.78 Å². The van der Waals surface area contributed by atoms with Crippen LogP contribution < -0.4 is 0 Å². The molecule has 148 valence electrons. The fraction of sp³-hybridized carbons (Fsp3) is 0.750. The second kappa shape index (κ2) is 6.06. The van der Waals surface area contributed by atoms with Crippen LogP contribution in [0.15, 0.2) is 23.8 Å². The maximum absolute atomic E-state index is 12.3. The highest BCUT2D eigenvalue weighted by molar-refractivity contribution is 5.91. The number of carbonyl (C=O) groups excluding carboxylic acids is 2. The molecule has 4 aliphatic rings. The molecule has 0 aliphatic heterocycles. The van der Waals surface area contributed by atoms with Gasteiger partial charge in [0.2, 0.25) is 0 Å². The van der Waals surface area contributed by atoms with Crippen molar-refractivity contribution >= 4 is 11.8 Å². The van der Waals surface area contributed by atoms with Gasteiger partial charge >= 0.3 is 5.97 Å². The Labute approximate surface area is 163 Å². The average Bonchev–Trinajstić information content (AvgIpc) is 2.86. The predicted octanol–water partition coefficient (Wildman–Crippen LogP) is 5.40. The summed E-state index contributed by atoms with van der Waals surface area (Å²) < 4.78 is 6.06. The lowest BCUT2D eigenvalue weighted by atomic mass is 9.46. The van der Waals surface area contributed by atoms with Gasteiger partial charge in [-0.25, -0.2) is 4.79 Å². The van der Waals surface area contributed by atoms with Crippen LogP contribution in [-0.2, 0) is 14.3 Å². The van der Waals surface area contributed by atoms with Crippen molar-refractivity contribution in [3.05, 3.63) is 23.8 Å². The van der Waals surface area contributed by atoms with Gasteiger partial charge in [-0.05, 0) is 88.0 Å². The summed E-state index contributed by atoms with van der Waals surface area (Å²) in [6.07, 6.45) is 10.3. The summed E-state index contributed by atoms with van der Waals surface area (Å²) in [7, 11) is 0. The van der Waals surface area contributed by atoms with Gasteiger partial charge in [0.25, 0.3) is 0 Å². The summed E-state index contributed by atoms with van der Waals surface area (Å²) >= 11 is 0. The van der Waals surface area contributed by atoms with Crippen LogP contribution in [-0.4, -0.2) is 17.4 Å². The molecule has 3 nitrogen and oxygen atoms in total. The second-order valence-electron chi connectivity index (χ2n) is 10.4. The van der Waals surface area contributed by atoms with Crippen molar-refractivity contribution < 1.29 is 14.3 Å². The zero-order valence-corrected chi connectivity index (χ0v) is 17.4. The number of ketones is 1. The number of allylic oxidation sites excluding steroid dienone is 1. The number of rotatable bonds is 2. The molecule has 2 unspecified atom stereocenters. The van der Waals surface area contributed by atoms with Gasteiger partial charge in [-0.2, -0.15) is 0 Å². The molecule has 0 amide bonds. The van der Waals surface area contributed by atoms with E-state index in [1.807, 2.05) is 6.08 Å². The minimum Gasteiger partial charge on any atom is -0.455 e. The third kappa shape index (κ3) is 2.60. The van der Waals surface area contributed by atoms with Gasteiger partial charge in [0.05, 0.1) is 0 Å². The zero-order valence-electron chi connectivity index (χ0n) is 17.4. The standard InChI is InChI=1S/C24H34O3/c1-15(2)21(26)27-24(5)13-10-20-18-7-6-16-14-17(25)8-11-22(16,3)19(18)9-12-23(20,24)4/h14,18-20H,1,6-13H2,2-5H3/t18?,19-,20-,22-,23-,24?/m0/s1. The molecule has 0 N–H and O–H groups in total. The van der Waals surface area contributed by atoms with Crippen LogP contribution in [0.5, 0.6) is 0 Å². The number of carbonyl (C=O) groups is 2. The number of fused-ring (bicyclic) bond motifs is 5. The first kappa shape index (κ1) is 19.0. The number of hydrogen-bond acceptors (Lipinski definition) is 3. The Hall–Kier alpha value is -1.38. The Bertz CT molecular complexity index is 734. The maximum Gasteiger partial charge on any atom is 0.333 e. The minimum absolute atomic E-state index is 0.0430. The Kier molecular flexibility index (Phi) is 4.25. The summed E-state index contributed by atoms with van der Waals surface area (Å²) in [6, 6.07) is 0. The van der Waals surface area contributed by atoms with Crippen molar-refractivity contribution in [3.63, 3.8) is 0 Å². The van der Waals surface area contributed by atoms with Gasteiger partial charge in [-0.1, -0.05) is 26.0 Å². The van der Waals surface area contributed by atoms with E-state index in [-0.39, 0.29) is 16.8 Å². The molecule has 0 heterocycles. The molecular weight excluding hydrogens is 336 g/mol. The third-order valence-electron chi connectivity index (χ3n) is 9.16. The maximum atomic E-state index is 12.3. The minimum atomic E-state index is -0.391. The van der Waals surface area contributed by atoms with E-state index in [1.165, 1.54) is 18.4 Å². The van der Waals surface area contributed by atoms with Crippen molar-refractivity contribution in [2.24, 2.45) is 28.6 Å². The molecule has 0 aromatic heterocycles. The van der Waals surface area contributed by atoms with Crippen molar-refractivity contribution in [1.29, 1.82) is 0 Å². The van der Waals surface area contributed by atoms with Crippen LogP contribution in [0.1, 0.15) is 79.1 Å². The van der Waals surface area contributed by atoms with E-state index in [1.54, 1.807) is 6.92 Å². The lowest BCUT2D eigenvalue weighted by Crippen LogP contribution is -2.55. The average molecular weight is 371 g/mol. The highest BCUT2D eigenvalue weighted by Crippen LogP contribution is 2.68. The van der Waals surface area contributed by atoms with Crippen LogP contribution in [0.3, 0.4) is 0 Å². The van der Waals surface area contributed by atoms with E-state index in [4.69, 9.17) is 4.74 Å². The molecule has 0 aromatic carbocycles. The van der Waals surface area contributed by atoms with Crippen molar-refractivity contribution in [2.45, 2.75) is 84.7 Å².